The third kappa shape index (κ3) is 4.92. The van der Waals surface area contributed by atoms with Gasteiger partial charge in [0, 0.05) is 5.69 Å². The molecule has 0 saturated heterocycles. The first-order valence-electron chi connectivity index (χ1n) is 8.02. The molecule has 2 aromatic carbocycles. The molecule has 0 aliphatic rings. The molecule has 1 atom stereocenters. The number of rotatable bonds is 5. The van der Waals surface area contributed by atoms with Gasteiger partial charge in [-0.2, -0.15) is 5.26 Å². The van der Waals surface area contributed by atoms with Crippen LogP contribution in [0.4, 0.5) is 5.69 Å². The summed E-state index contributed by atoms with van der Waals surface area (Å²) in [7, 11) is 0. The monoisotopic (exact) mass is 336 g/mol. The largest absolute Gasteiger partial charge is 0.449 e. The molecule has 0 bridgehead atoms. The van der Waals surface area contributed by atoms with Crippen molar-refractivity contribution in [3.8, 4) is 6.07 Å². The highest BCUT2D eigenvalue weighted by Crippen LogP contribution is 2.17. The molecule has 128 valence electrons. The fraction of sp³-hybridized carbons (Fsp3) is 0.250. The van der Waals surface area contributed by atoms with E-state index in [1.54, 1.807) is 18.2 Å². The molecule has 0 fully saturated rings. The second-order valence-corrected chi connectivity index (χ2v) is 6.01. The summed E-state index contributed by atoms with van der Waals surface area (Å²) in [5.74, 6) is -0.647. The summed E-state index contributed by atoms with van der Waals surface area (Å²) in [5, 5.41) is 11.6. The summed E-state index contributed by atoms with van der Waals surface area (Å²) in [6.45, 7) is 5.69. The molecule has 0 aliphatic carbocycles. The highest BCUT2D eigenvalue weighted by Gasteiger charge is 2.19. The van der Waals surface area contributed by atoms with Gasteiger partial charge < -0.3 is 10.1 Å². The number of benzene rings is 2. The molecule has 0 unspecified atom stereocenters. The molecule has 0 heterocycles. The van der Waals surface area contributed by atoms with E-state index in [9.17, 15) is 9.59 Å². The number of anilines is 1. The molecule has 2 rings (SSSR count). The number of carbonyl (C=O) groups is 2. The van der Waals surface area contributed by atoms with Crippen molar-refractivity contribution in [1.82, 2.24) is 0 Å². The third-order valence-electron chi connectivity index (χ3n) is 3.73. The molecule has 25 heavy (non-hydrogen) atoms. The fourth-order valence-electron chi connectivity index (χ4n) is 2.19. The van der Waals surface area contributed by atoms with Crippen LogP contribution in [0.5, 0.6) is 0 Å². The Bertz CT molecular complexity index is 804. The fourth-order valence-corrected chi connectivity index (χ4v) is 2.19. The number of nitriles is 1. The van der Waals surface area contributed by atoms with E-state index in [4.69, 9.17) is 10.00 Å². The Balaban J connectivity index is 1.97. The Morgan fingerprint density at radius 1 is 1.08 bits per heavy atom. The van der Waals surface area contributed by atoms with Crippen molar-refractivity contribution in [2.45, 2.75) is 32.8 Å². The molecule has 0 aromatic heterocycles. The van der Waals surface area contributed by atoms with Crippen molar-refractivity contribution in [3.63, 3.8) is 0 Å². The van der Waals surface area contributed by atoms with Crippen LogP contribution in [0.15, 0.2) is 48.5 Å². The van der Waals surface area contributed by atoms with Crippen LogP contribution in [0, 0.1) is 11.3 Å². The number of amides is 1. The molecule has 0 aliphatic heterocycles. The molecule has 1 N–H and O–H groups in total. The smallest absolute Gasteiger partial charge is 0.338 e. The summed E-state index contributed by atoms with van der Waals surface area (Å²) < 4.78 is 5.17. The zero-order chi connectivity index (χ0) is 18.4. The van der Waals surface area contributed by atoms with Gasteiger partial charge in [0.2, 0.25) is 0 Å². The highest BCUT2D eigenvalue weighted by atomic mass is 16.5. The van der Waals surface area contributed by atoms with Gasteiger partial charge in [0.15, 0.2) is 6.10 Å². The first kappa shape index (κ1) is 18.2. The van der Waals surface area contributed by atoms with Gasteiger partial charge in [-0.1, -0.05) is 32.0 Å². The number of hydrogen-bond donors (Lipinski definition) is 1. The average Bonchev–Trinajstić information content (AvgIpc) is 2.62. The normalized spacial score (nSPS) is 11.5. The van der Waals surface area contributed by atoms with Crippen LogP contribution >= 0.6 is 0 Å². The second-order valence-electron chi connectivity index (χ2n) is 6.01. The van der Waals surface area contributed by atoms with Gasteiger partial charge in [-0.15, -0.1) is 0 Å². The number of carbonyl (C=O) groups excluding carboxylic acids is 2. The van der Waals surface area contributed by atoms with E-state index in [2.05, 4.69) is 19.2 Å². The maximum Gasteiger partial charge on any atom is 0.338 e. The van der Waals surface area contributed by atoms with E-state index in [1.807, 2.05) is 30.3 Å². The second kappa shape index (κ2) is 8.11. The molecule has 1 amide bonds. The van der Waals surface area contributed by atoms with Crippen molar-refractivity contribution < 1.29 is 14.3 Å². The molecule has 0 spiro atoms. The first-order valence-corrected chi connectivity index (χ1v) is 8.02. The summed E-state index contributed by atoms with van der Waals surface area (Å²) in [5.41, 5.74) is 2.41. The van der Waals surface area contributed by atoms with Crippen LogP contribution in [0.25, 0.3) is 0 Å². The van der Waals surface area contributed by atoms with Crippen molar-refractivity contribution in [2.75, 3.05) is 5.32 Å². The maximum absolute atomic E-state index is 12.2. The first-order chi connectivity index (χ1) is 11.9. The van der Waals surface area contributed by atoms with E-state index in [0.717, 1.165) is 0 Å². The minimum atomic E-state index is -0.956. The number of esters is 1. The standard InChI is InChI=1S/C20H20N2O3/c1-13(2)16-7-9-18(10-8-16)22-19(23)14(3)25-20(24)17-6-4-5-15(11-17)12-21/h4-11,13-14H,1-3H3,(H,22,23)/t14-/m1/s1. The molecular weight excluding hydrogens is 316 g/mol. The van der Waals surface area contributed by atoms with E-state index < -0.39 is 18.0 Å². The van der Waals surface area contributed by atoms with E-state index in [-0.39, 0.29) is 5.56 Å². The number of nitrogens with one attached hydrogen (secondary N) is 1. The van der Waals surface area contributed by atoms with Crippen LogP contribution < -0.4 is 5.32 Å². The molecule has 0 radical (unpaired) electrons. The topological polar surface area (TPSA) is 79.2 Å². The summed E-state index contributed by atoms with van der Waals surface area (Å²) in [6, 6.07) is 15.6. The van der Waals surface area contributed by atoms with Gasteiger partial charge in [-0.3, -0.25) is 4.79 Å². The van der Waals surface area contributed by atoms with Gasteiger partial charge >= 0.3 is 5.97 Å². The van der Waals surface area contributed by atoms with Crippen LogP contribution in [-0.4, -0.2) is 18.0 Å². The molecular formula is C20H20N2O3. The predicted octanol–water partition coefficient (Wildman–Crippen LogP) is 3.87. The predicted molar refractivity (Wildman–Crippen MR) is 95.2 cm³/mol. The van der Waals surface area contributed by atoms with Gasteiger partial charge in [0.25, 0.3) is 5.91 Å². The minimum absolute atomic E-state index is 0.236. The number of nitrogens with zero attached hydrogens (tertiary/aromatic N) is 1. The zero-order valence-corrected chi connectivity index (χ0v) is 14.4. The molecule has 2 aromatic rings. The summed E-state index contributed by atoms with van der Waals surface area (Å²) >= 11 is 0. The Morgan fingerprint density at radius 3 is 2.36 bits per heavy atom. The van der Waals surface area contributed by atoms with Crippen molar-refractivity contribution in [2.24, 2.45) is 0 Å². The average molecular weight is 336 g/mol. The summed E-state index contributed by atoms with van der Waals surface area (Å²) in [4.78, 5) is 24.3. The van der Waals surface area contributed by atoms with Gasteiger partial charge in [-0.05, 0) is 48.7 Å². The van der Waals surface area contributed by atoms with Gasteiger partial charge in [0.1, 0.15) is 0 Å². The lowest BCUT2D eigenvalue weighted by molar-refractivity contribution is -0.123. The van der Waals surface area contributed by atoms with Gasteiger partial charge in [0.05, 0.1) is 17.2 Å². The molecule has 5 nitrogen and oxygen atoms in total. The van der Waals surface area contributed by atoms with Crippen LogP contribution in [0.2, 0.25) is 0 Å². The van der Waals surface area contributed by atoms with E-state index in [1.165, 1.54) is 18.6 Å². The summed E-state index contributed by atoms with van der Waals surface area (Å²) in [6.07, 6.45) is -0.956. The Morgan fingerprint density at radius 2 is 1.76 bits per heavy atom. The minimum Gasteiger partial charge on any atom is -0.449 e. The van der Waals surface area contributed by atoms with Crippen LogP contribution in [0.3, 0.4) is 0 Å². The third-order valence-corrected chi connectivity index (χ3v) is 3.73. The van der Waals surface area contributed by atoms with Crippen molar-refractivity contribution in [1.29, 1.82) is 5.26 Å². The van der Waals surface area contributed by atoms with Crippen molar-refractivity contribution in [3.05, 3.63) is 65.2 Å². The number of hydrogen-bond acceptors (Lipinski definition) is 4. The maximum atomic E-state index is 12.2. The molecule has 0 saturated carbocycles. The van der Waals surface area contributed by atoms with E-state index >= 15 is 0 Å². The van der Waals surface area contributed by atoms with Crippen molar-refractivity contribution >= 4 is 17.6 Å². The quantitative estimate of drug-likeness (QED) is 0.841. The zero-order valence-electron chi connectivity index (χ0n) is 14.4. The Kier molecular flexibility index (Phi) is 5.91. The SMILES string of the molecule is CC(C)c1ccc(NC(=O)[C@@H](C)OC(=O)c2cccc(C#N)c2)cc1. The van der Waals surface area contributed by atoms with Crippen LogP contribution in [-0.2, 0) is 9.53 Å². The highest BCUT2D eigenvalue weighted by molar-refractivity contribution is 5.97. The Hall–Kier alpha value is -3.13. The van der Waals surface area contributed by atoms with E-state index in [0.29, 0.717) is 17.2 Å². The van der Waals surface area contributed by atoms with Crippen LogP contribution in [0.1, 0.15) is 48.2 Å². The number of ether oxygens (including phenoxy) is 1. The Labute approximate surface area is 147 Å². The molecule has 5 heteroatoms. The lowest BCUT2D eigenvalue weighted by Crippen LogP contribution is -2.30. The lowest BCUT2D eigenvalue weighted by atomic mass is 10.0. The van der Waals surface area contributed by atoms with Gasteiger partial charge in [-0.25, -0.2) is 4.79 Å². The lowest BCUT2D eigenvalue weighted by Gasteiger charge is -2.14.